The summed E-state index contributed by atoms with van der Waals surface area (Å²) in [7, 11) is 0. The monoisotopic (exact) mass is 368 g/mol. The number of carbonyl (C=O) groups is 2. The molecule has 0 heterocycles. The highest BCUT2D eigenvalue weighted by Crippen LogP contribution is 2.19. The highest BCUT2D eigenvalue weighted by molar-refractivity contribution is 6.08. The summed E-state index contributed by atoms with van der Waals surface area (Å²) >= 11 is 0. The molecule has 4 heteroatoms. The molecule has 0 spiro atoms. The molecule has 4 aromatic rings. The van der Waals surface area contributed by atoms with Gasteiger partial charge in [0.25, 0.3) is 5.91 Å². The number of nitrogens with two attached hydrogens (primary N) is 1. The lowest BCUT2D eigenvalue weighted by Crippen LogP contribution is -2.45. The molecular formula is C24H20N2O2. The van der Waals surface area contributed by atoms with Crippen molar-refractivity contribution >= 4 is 33.4 Å². The maximum absolute atomic E-state index is 12.9. The van der Waals surface area contributed by atoms with Crippen molar-refractivity contribution in [2.45, 2.75) is 12.5 Å². The Morgan fingerprint density at radius 2 is 1.46 bits per heavy atom. The molecule has 0 aliphatic rings. The Kier molecular flexibility index (Phi) is 4.77. The maximum Gasteiger partial charge on any atom is 0.252 e. The molecule has 4 nitrogen and oxygen atoms in total. The molecule has 0 fully saturated rings. The fourth-order valence-electron chi connectivity index (χ4n) is 3.48. The molecule has 4 aromatic carbocycles. The van der Waals surface area contributed by atoms with Crippen LogP contribution in [-0.4, -0.2) is 17.9 Å². The minimum absolute atomic E-state index is 0.304. The van der Waals surface area contributed by atoms with Gasteiger partial charge in [-0.2, -0.15) is 0 Å². The van der Waals surface area contributed by atoms with Crippen molar-refractivity contribution in [2.24, 2.45) is 5.73 Å². The lowest BCUT2D eigenvalue weighted by atomic mass is 10.00. The lowest BCUT2D eigenvalue weighted by molar-refractivity contribution is -0.119. The van der Waals surface area contributed by atoms with E-state index < -0.39 is 11.9 Å². The van der Waals surface area contributed by atoms with Crippen LogP contribution >= 0.6 is 0 Å². The molecule has 0 aliphatic carbocycles. The first-order valence-electron chi connectivity index (χ1n) is 9.17. The Labute approximate surface area is 163 Å². The van der Waals surface area contributed by atoms with Crippen LogP contribution in [0.1, 0.15) is 15.9 Å². The average Bonchev–Trinajstić information content (AvgIpc) is 2.72. The molecule has 3 N–H and O–H groups in total. The van der Waals surface area contributed by atoms with E-state index in [0.29, 0.717) is 12.0 Å². The van der Waals surface area contributed by atoms with Crippen LogP contribution in [0, 0.1) is 0 Å². The first-order chi connectivity index (χ1) is 13.6. The summed E-state index contributed by atoms with van der Waals surface area (Å²) in [5.41, 5.74) is 7.06. The average molecular weight is 368 g/mol. The molecule has 0 saturated carbocycles. The highest BCUT2D eigenvalue weighted by atomic mass is 16.2. The largest absolute Gasteiger partial charge is 0.368 e. The third-order valence-corrected chi connectivity index (χ3v) is 4.94. The first kappa shape index (κ1) is 17.7. The minimum Gasteiger partial charge on any atom is -0.368 e. The number of nitrogens with one attached hydrogen (secondary N) is 1. The van der Waals surface area contributed by atoms with Crippen LogP contribution in [0.3, 0.4) is 0 Å². The van der Waals surface area contributed by atoms with Crippen molar-refractivity contribution in [1.82, 2.24) is 5.32 Å². The fourth-order valence-corrected chi connectivity index (χ4v) is 3.48. The molecule has 28 heavy (non-hydrogen) atoms. The first-order valence-corrected chi connectivity index (χ1v) is 9.17. The smallest absolute Gasteiger partial charge is 0.252 e. The van der Waals surface area contributed by atoms with E-state index in [0.717, 1.165) is 27.1 Å². The number of carbonyl (C=O) groups excluding carboxylic acids is 2. The summed E-state index contributed by atoms with van der Waals surface area (Å²) in [5.74, 6) is -0.858. The van der Waals surface area contributed by atoms with Gasteiger partial charge in [-0.3, -0.25) is 9.59 Å². The number of primary amides is 1. The number of benzene rings is 4. The quantitative estimate of drug-likeness (QED) is 0.562. The molecule has 0 bridgehead atoms. The van der Waals surface area contributed by atoms with Gasteiger partial charge in [-0.1, -0.05) is 78.9 Å². The van der Waals surface area contributed by atoms with Crippen molar-refractivity contribution in [3.8, 4) is 0 Å². The van der Waals surface area contributed by atoms with Crippen molar-refractivity contribution < 1.29 is 9.59 Å². The second kappa shape index (κ2) is 7.53. The van der Waals surface area contributed by atoms with Crippen LogP contribution in [0.5, 0.6) is 0 Å². The van der Waals surface area contributed by atoms with Gasteiger partial charge in [0, 0.05) is 12.0 Å². The van der Waals surface area contributed by atoms with E-state index in [2.05, 4.69) is 5.32 Å². The second-order valence-corrected chi connectivity index (χ2v) is 6.84. The predicted octanol–water partition coefficient (Wildman–Crippen LogP) is 3.82. The molecular weight excluding hydrogens is 348 g/mol. The molecule has 0 aromatic heterocycles. The minimum atomic E-state index is -0.785. The van der Waals surface area contributed by atoms with E-state index in [1.54, 1.807) is 6.07 Å². The Bertz CT molecular complexity index is 1180. The third kappa shape index (κ3) is 3.58. The van der Waals surface area contributed by atoms with Gasteiger partial charge >= 0.3 is 0 Å². The van der Waals surface area contributed by atoms with Crippen LogP contribution in [0.4, 0.5) is 0 Å². The Hall–Kier alpha value is -3.66. The van der Waals surface area contributed by atoms with Crippen molar-refractivity contribution in [2.75, 3.05) is 0 Å². The topological polar surface area (TPSA) is 72.2 Å². The fraction of sp³-hybridized carbons (Fsp3) is 0.0833. The molecule has 1 atom stereocenters. The van der Waals surface area contributed by atoms with Gasteiger partial charge in [-0.25, -0.2) is 0 Å². The molecule has 2 amide bonds. The van der Waals surface area contributed by atoms with Crippen molar-refractivity contribution in [3.63, 3.8) is 0 Å². The highest BCUT2D eigenvalue weighted by Gasteiger charge is 2.20. The van der Waals surface area contributed by atoms with E-state index >= 15 is 0 Å². The zero-order chi connectivity index (χ0) is 19.5. The number of amides is 2. The second-order valence-electron chi connectivity index (χ2n) is 6.84. The van der Waals surface area contributed by atoms with Gasteiger partial charge in [0.05, 0.1) is 0 Å². The zero-order valence-electron chi connectivity index (χ0n) is 15.3. The van der Waals surface area contributed by atoms with Crippen LogP contribution in [0.25, 0.3) is 21.5 Å². The Balaban J connectivity index is 1.59. The lowest BCUT2D eigenvalue weighted by Gasteiger charge is -2.17. The van der Waals surface area contributed by atoms with Gasteiger partial charge in [-0.15, -0.1) is 0 Å². The van der Waals surface area contributed by atoms with Crippen LogP contribution in [-0.2, 0) is 11.2 Å². The van der Waals surface area contributed by atoms with E-state index in [1.165, 1.54) is 0 Å². The van der Waals surface area contributed by atoms with Crippen molar-refractivity contribution in [3.05, 3.63) is 96.1 Å². The molecule has 0 radical (unpaired) electrons. The van der Waals surface area contributed by atoms with E-state index in [-0.39, 0.29) is 5.91 Å². The molecule has 0 aliphatic heterocycles. The van der Waals surface area contributed by atoms with Gasteiger partial charge in [0.2, 0.25) is 5.91 Å². The van der Waals surface area contributed by atoms with Crippen LogP contribution < -0.4 is 11.1 Å². The summed E-state index contributed by atoms with van der Waals surface area (Å²) in [6, 6.07) is 26.4. The standard InChI is InChI=1S/C24H20N2O2/c25-23(27)22(15-16-12-13-17-6-1-2-8-19(17)14-16)26-24(28)21-11-5-9-18-7-3-4-10-20(18)21/h1-14,22H,15H2,(H2,25,27)(H,26,28)/t22-/m0/s1. The zero-order valence-corrected chi connectivity index (χ0v) is 15.3. The van der Waals surface area contributed by atoms with Gasteiger partial charge in [0.1, 0.15) is 6.04 Å². The van der Waals surface area contributed by atoms with Gasteiger partial charge in [-0.05, 0) is 33.2 Å². The SMILES string of the molecule is NC(=O)[C@H](Cc1ccc2ccccc2c1)NC(=O)c1cccc2ccccc12. The van der Waals surface area contributed by atoms with Crippen LogP contribution in [0.15, 0.2) is 84.9 Å². The number of rotatable bonds is 5. The predicted molar refractivity (Wildman–Crippen MR) is 112 cm³/mol. The van der Waals surface area contributed by atoms with E-state index in [9.17, 15) is 9.59 Å². The summed E-state index contributed by atoms with van der Waals surface area (Å²) in [6.07, 6.45) is 0.344. The van der Waals surface area contributed by atoms with Gasteiger partial charge < -0.3 is 11.1 Å². The van der Waals surface area contributed by atoms with E-state index in [1.807, 2.05) is 78.9 Å². The number of hydrogen-bond donors (Lipinski definition) is 2. The Morgan fingerprint density at radius 3 is 2.25 bits per heavy atom. The summed E-state index contributed by atoms with van der Waals surface area (Å²) in [5, 5.41) is 6.84. The summed E-state index contributed by atoms with van der Waals surface area (Å²) in [4.78, 5) is 24.9. The Morgan fingerprint density at radius 1 is 0.786 bits per heavy atom. The summed E-state index contributed by atoms with van der Waals surface area (Å²) < 4.78 is 0. The third-order valence-electron chi connectivity index (χ3n) is 4.94. The van der Waals surface area contributed by atoms with Crippen molar-refractivity contribution in [1.29, 1.82) is 0 Å². The normalized spacial score (nSPS) is 12.0. The van der Waals surface area contributed by atoms with Crippen LogP contribution in [0.2, 0.25) is 0 Å². The summed E-state index contributed by atoms with van der Waals surface area (Å²) in [6.45, 7) is 0. The van der Waals surface area contributed by atoms with Gasteiger partial charge in [0.15, 0.2) is 0 Å². The van der Waals surface area contributed by atoms with E-state index in [4.69, 9.17) is 5.73 Å². The maximum atomic E-state index is 12.9. The number of fused-ring (bicyclic) bond motifs is 2. The molecule has 4 rings (SSSR count). The molecule has 0 saturated heterocycles. The molecule has 0 unspecified atom stereocenters. The molecule has 138 valence electrons. The number of hydrogen-bond acceptors (Lipinski definition) is 2.